The molecule has 0 saturated heterocycles. The molecule has 27 heavy (non-hydrogen) atoms. The van der Waals surface area contributed by atoms with E-state index in [4.69, 9.17) is 27.9 Å². The third-order valence-electron chi connectivity index (χ3n) is 3.80. The molecule has 10 heteroatoms. The molecular formula is C17H15Cl2F2N2O4+. The van der Waals surface area contributed by atoms with E-state index in [1.165, 1.54) is 18.2 Å². The minimum absolute atomic E-state index is 0.0150. The first kappa shape index (κ1) is 19.4. The number of hydrogen-bond donors (Lipinski definition) is 2. The highest BCUT2D eigenvalue weighted by molar-refractivity contribution is 6.39. The highest BCUT2D eigenvalue weighted by atomic mass is 35.5. The molecule has 0 radical (unpaired) electrons. The van der Waals surface area contributed by atoms with Gasteiger partial charge in [0.2, 0.25) is 12.4 Å². The van der Waals surface area contributed by atoms with Crippen molar-refractivity contribution in [2.24, 2.45) is 5.92 Å². The van der Waals surface area contributed by atoms with Crippen LogP contribution >= 0.6 is 23.2 Å². The lowest BCUT2D eigenvalue weighted by Crippen LogP contribution is -2.29. The molecule has 0 atom stereocenters. The number of pyridine rings is 1. The minimum atomic E-state index is -3.01. The van der Waals surface area contributed by atoms with E-state index in [1.54, 1.807) is 0 Å². The van der Waals surface area contributed by atoms with Crippen molar-refractivity contribution in [3.63, 3.8) is 0 Å². The van der Waals surface area contributed by atoms with E-state index in [0.717, 1.165) is 25.2 Å². The second-order valence-electron chi connectivity index (χ2n) is 5.96. The van der Waals surface area contributed by atoms with Crippen LogP contribution in [0, 0.1) is 5.92 Å². The summed E-state index contributed by atoms with van der Waals surface area (Å²) in [6, 6.07) is 3.86. The van der Waals surface area contributed by atoms with Gasteiger partial charge in [0.1, 0.15) is 10.0 Å². The number of carbonyl (C=O) groups is 1. The van der Waals surface area contributed by atoms with Crippen molar-refractivity contribution in [3.8, 4) is 11.5 Å². The predicted molar refractivity (Wildman–Crippen MR) is 93.1 cm³/mol. The number of amides is 1. The SMILES string of the molecule is O=C(Nc1c(Cl)c[n+](O)cc1Cl)c1ccc(OC(F)F)c(OCC2CC2)c1. The molecular weight excluding hydrogens is 405 g/mol. The third-order valence-corrected chi connectivity index (χ3v) is 4.37. The normalized spacial score (nSPS) is 13.5. The standard InChI is InChI=1S/C17H14Cl2F2N2O4/c18-11-6-23(25)7-12(19)15(11)22-16(24)10-3-4-13(27-17(20)21)14(5-10)26-8-9-1-2-9/h3-7,9,17,25H,1-2,8H2/p+1. The number of nitrogens with zero attached hydrogens (tertiary/aromatic N) is 1. The Labute approximate surface area is 163 Å². The molecule has 2 N–H and O–H groups in total. The first-order valence-electron chi connectivity index (χ1n) is 7.96. The maximum Gasteiger partial charge on any atom is 0.387 e. The predicted octanol–water partition coefficient (Wildman–Crippen LogP) is 4.16. The molecule has 144 valence electrons. The molecule has 0 unspecified atom stereocenters. The zero-order chi connectivity index (χ0) is 19.6. The highest BCUT2D eigenvalue weighted by Crippen LogP contribution is 2.35. The van der Waals surface area contributed by atoms with Gasteiger partial charge in [-0.25, -0.2) is 0 Å². The Morgan fingerprint density at radius 1 is 1.26 bits per heavy atom. The molecule has 3 rings (SSSR count). The summed E-state index contributed by atoms with van der Waals surface area (Å²) < 4.78 is 35.8. The van der Waals surface area contributed by atoms with E-state index in [2.05, 4.69) is 10.1 Å². The van der Waals surface area contributed by atoms with Gasteiger partial charge < -0.3 is 14.8 Å². The van der Waals surface area contributed by atoms with Crippen molar-refractivity contribution in [1.29, 1.82) is 0 Å². The van der Waals surface area contributed by atoms with E-state index in [9.17, 15) is 18.8 Å². The largest absolute Gasteiger partial charge is 0.489 e. The smallest absolute Gasteiger partial charge is 0.387 e. The number of rotatable bonds is 7. The number of alkyl halides is 2. The lowest BCUT2D eigenvalue weighted by Gasteiger charge is -2.14. The monoisotopic (exact) mass is 419 g/mol. The molecule has 1 heterocycles. The molecule has 1 aliphatic rings. The fourth-order valence-electron chi connectivity index (χ4n) is 2.27. The van der Waals surface area contributed by atoms with E-state index in [-0.39, 0.29) is 32.8 Å². The molecule has 0 bridgehead atoms. The maximum atomic E-state index is 12.6. The van der Waals surface area contributed by atoms with Gasteiger partial charge in [-0.3, -0.25) is 10.0 Å². The number of halogens is 4. The average molecular weight is 420 g/mol. The van der Waals surface area contributed by atoms with Crippen LogP contribution in [0.25, 0.3) is 0 Å². The van der Waals surface area contributed by atoms with Gasteiger partial charge in [-0.2, -0.15) is 8.78 Å². The fraction of sp³-hybridized carbons (Fsp3) is 0.294. The molecule has 1 aromatic heterocycles. The van der Waals surface area contributed by atoms with Crippen LogP contribution in [0.3, 0.4) is 0 Å². The quantitative estimate of drug-likeness (QED) is 0.521. The second kappa shape index (κ2) is 8.14. The zero-order valence-electron chi connectivity index (χ0n) is 13.8. The van der Waals surface area contributed by atoms with Crippen molar-refractivity contribution < 1.29 is 33.0 Å². The van der Waals surface area contributed by atoms with E-state index in [0.29, 0.717) is 17.3 Å². The van der Waals surface area contributed by atoms with Crippen LogP contribution < -0.4 is 19.5 Å². The van der Waals surface area contributed by atoms with Crippen molar-refractivity contribution in [3.05, 3.63) is 46.2 Å². The number of nitrogens with one attached hydrogen (secondary N) is 1. The Morgan fingerprint density at radius 3 is 2.52 bits per heavy atom. The average Bonchev–Trinajstić information content (AvgIpc) is 3.40. The van der Waals surface area contributed by atoms with Crippen molar-refractivity contribution in [1.82, 2.24) is 0 Å². The van der Waals surface area contributed by atoms with E-state index >= 15 is 0 Å². The summed E-state index contributed by atoms with van der Waals surface area (Å²) >= 11 is 11.9. The number of carbonyl (C=O) groups excluding carboxylic acids is 1. The van der Waals surface area contributed by atoms with Crippen LogP contribution in [-0.2, 0) is 0 Å². The van der Waals surface area contributed by atoms with Gasteiger partial charge in [-0.15, -0.1) is 0 Å². The molecule has 6 nitrogen and oxygen atoms in total. The van der Waals surface area contributed by atoms with Gasteiger partial charge in [0.05, 0.1) is 12.3 Å². The first-order chi connectivity index (χ1) is 12.8. The van der Waals surface area contributed by atoms with Crippen LogP contribution in [0.2, 0.25) is 10.0 Å². The topological polar surface area (TPSA) is 71.7 Å². The lowest BCUT2D eigenvalue weighted by molar-refractivity contribution is -0.904. The summed E-state index contributed by atoms with van der Waals surface area (Å²) in [4.78, 5) is 12.5. The number of ether oxygens (including phenoxy) is 2. The van der Waals surface area contributed by atoms with Crippen LogP contribution in [-0.4, -0.2) is 24.3 Å². The first-order valence-corrected chi connectivity index (χ1v) is 8.71. The molecule has 2 aromatic rings. The molecule has 1 amide bonds. The van der Waals surface area contributed by atoms with Crippen molar-refractivity contribution >= 4 is 34.8 Å². The molecule has 1 saturated carbocycles. The summed E-state index contributed by atoms with van der Waals surface area (Å²) in [6.07, 6.45) is 4.32. The Bertz CT molecular complexity index is 840. The summed E-state index contributed by atoms with van der Waals surface area (Å²) in [5.74, 6) is -0.309. The van der Waals surface area contributed by atoms with E-state index < -0.39 is 12.5 Å². The van der Waals surface area contributed by atoms with Crippen molar-refractivity contribution in [2.45, 2.75) is 19.5 Å². The molecule has 0 aliphatic heterocycles. The molecule has 1 aromatic carbocycles. The Hall–Kier alpha value is -2.32. The summed E-state index contributed by atoms with van der Waals surface area (Å²) in [6.45, 7) is -2.66. The van der Waals surface area contributed by atoms with E-state index in [1.807, 2.05) is 0 Å². The number of aromatic nitrogens is 1. The Balaban J connectivity index is 1.82. The minimum Gasteiger partial charge on any atom is -0.489 e. The van der Waals surface area contributed by atoms with Gasteiger partial charge in [0, 0.05) is 10.3 Å². The number of hydrogen-bond acceptors (Lipinski definition) is 4. The lowest BCUT2D eigenvalue weighted by atomic mass is 10.2. The van der Waals surface area contributed by atoms with Crippen LogP contribution in [0.1, 0.15) is 23.2 Å². The molecule has 1 fully saturated rings. The number of anilines is 1. The molecule has 0 spiro atoms. The van der Waals surface area contributed by atoms with Crippen LogP contribution in [0.4, 0.5) is 14.5 Å². The summed E-state index contributed by atoms with van der Waals surface area (Å²) in [5.41, 5.74) is 0.234. The molecule has 1 aliphatic carbocycles. The Kier molecular flexibility index (Phi) is 5.86. The van der Waals surface area contributed by atoms with Gasteiger partial charge >= 0.3 is 6.61 Å². The van der Waals surface area contributed by atoms with Gasteiger partial charge in [0.25, 0.3) is 5.91 Å². The summed E-state index contributed by atoms with van der Waals surface area (Å²) in [7, 11) is 0. The second-order valence-corrected chi connectivity index (χ2v) is 6.77. The summed E-state index contributed by atoms with van der Waals surface area (Å²) in [5, 5.41) is 11.9. The van der Waals surface area contributed by atoms with Crippen molar-refractivity contribution in [2.75, 3.05) is 11.9 Å². The Morgan fingerprint density at radius 2 is 1.93 bits per heavy atom. The van der Waals surface area contributed by atoms with Gasteiger partial charge in [-0.1, -0.05) is 23.2 Å². The van der Waals surface area contributed by atoms with Gasteiger partial charge in [-0.05, 0) is 37.0 Å². The fourth-order valence-corrected chi connectivity index (χ4v) is 2.81. The van der Waals surface area contributed by atoms with Gasteiger partial charge in [0.15, 0.2) is 11.5 Å². The maximum absolute atomic E-state index is 12.6. The van der Waals surface area contributed by atoms with Crippen LogP contribution in [0.5, 0.6) is 11.5 Å². The zero-order valence-corrected chi connectivity index (χ0v) is 15.3. The van der Waals surface area contributed by atoms with Crippen LogP contribution in [0.15, 0.2) is 30.6 Å². The highest BCUT2D eigenvalue weighted by Gasteiger charge is 2.24. The number of benzene rings is 1. The third kappa shape index (κ3) is 5.11.